The normalized spacial score (nSPS) is 11.8. The van der Waals surface area contributed by atoms with Gasteiger partial charge in [0.05, 0.1) is 0 Å². The summed E-state index contributed by atoms with van der Waals surface area (Å²) < 4.78 is 1.72. The third-order valence-electron chi connectivity index (χ3n) is 1.98. The van der Waals surface area contributed by atoms with Gasteiger partial charge in [-0.2, -0.15) is 0 Å². The number of hydrogen-bond acceptors (Lipinski definition) is 2. The minimum Gasteiger partial charge on any atom is -0.291 e. The summed E-state index contributed by atoms with van der Waals surface area (Å²) in [5.74, 6) is 0.767. The molecule has 1 aromatic rings. The molecule has 0 fully saturated rings. The van der Waals surface area contributed by atoms with E-state index in [1.54, 1.807) is 17.7 Å². The highest BCUT2D eigenvalue weighted by molar-refractivity contribution is 5.06. The van der Waals surface area contributed by atoms with Crippen LogP contribution in [0.25, 0.3) is 0 Å². The van der Waals surface area contributed by atoms with Gasteiger partial charge < -0.3 is 0 Å². The average molecular weight is 180 g/mol. The van der Waals surface area contributed by atoms with Crippen molar-refractivity contribution in [3.63, 3.8) is 0 Å². The van der Waals surface area contributed by atoms with Crippen LogP contribution in [0, 0.1) is 13.8 Å². The summed E-state index contributed by atoms with van der Waals surface area (Å²) in [5, 5.41) is 0. The Morgan fingerprint density at radius 3 is 2.23 bits per heavy atom. The second-order valence-corrected chi connectivity index (χ2v) is 4.30. The van der Waals surface area contributed by atoms with Gasteiger partial charge >= 0.3 is 0 Å². The summed E-state index contributed by atoms with van der Waals surface area (Å²) in [6.07, 6.45) is 1.62. The van der Waals surface area contributed by atoms with Gasteiger partial charge in [-0.25, -0.2) is 4.98 Å². The molecule has 3 heteroatoms. The molecule has 1 rings (SSSR count). The third kappa shape index (κ3) is 1.79. The fraction of sp³-hybridized carbons (Fsp3) is 0.600. The highest BCUT2D eigenvalue weighted by Crippen LogP contribution is 2.12. The Morgan fingerprint density at radius 2 is 1.85 bits per heavy atom. The molecule has 0 spiro atoms. The lowest BCUT2D eigenvalue weighted by molar-refractivity contribution is 0.368. The van der Waals surface area contributed by atoms with Gasteiger partial charge in [0.1, 0.15) is 5.82 Å². The molecule has 0 atom stereocenters. The first-order valence-corrected chi connectivity index (χ1v) is 4.40. The van der Waals surface area contributed by atoms with E-state index in [0.717, 1.165) is 5.82 Å². The summed E-state index contributed by atoms with van der Waals surface area (Å²) in [6, 6.07) is 0. The molecule has 13 heavy (non-hydrogen) atoms. The Labute approximate surface area is 78.4 Å². The van der Waals surface area contributed by atoms with E-state index in [-0.39, 0.29) is 11.1 Å². The van der Waals surface area contributed by atoms with Crippen LogP contribution in [-0.2, 0) is 5.54 Å². The molecule has 0 unspecified atom stereocenters. The van der Waals surface area contributed by atoms with Crippen LogP contribution in [0.2, 0.25) is 0 Å². The van der Waals surface area contributed by atoms with Crippen LogP contribution >= 0.6 is 0 Å². The molecule has 1 heterocycles. The van der Waals surface area contributed by atoms with Crippen molar-refractivity contribution >= 4 is 0 Å². The number of aryl methyl sites for hydroxylation is 2. The molecular weight excluding hydrogens is 164 g/mol. The molecule has 0 saturated heterocycles. The first kappa shape index (κ1) is 9.96. The lowest BCUT2D eigenvalue weighted by atomic mass is 10.1. The van der Waals surface area contributed by atoms with Crippen LogP contribution in [-0.4, -0.2) is 9.55 Å². The number of rotatable bonds is 0. The van der Waals surface area contributed by atoms with E-state index in [9.17, 15) is 4.79 Å². The van der Waals surface area contributed by atoms with Gasteiger partial charge in [0.25, 0.3) is 5.56 Å². The monoisotopic (exact) mass is 180 g/mol. The predicted molar refractivity (Wildman–Crippen MR) is 53.0 cm³/mol. The molecule has 0 saturated carbocycles. The Hall–Kier alpha value is -1.12. The summed E-state index contributed by atoms with van der Waals surface area (Å²) in [4.78, 5) is 15.9. The fourth-order valence-corrected chi connectivity index (χ4v) is 1.42. The summed E-state index contributed by atoms with van der Waals surface area (Å²) in [7, 11) is 0. The van der Waals surface area contributed by atoms with Crippen molar-refractivity contribution in [1.29, 1.82) is 0 Å². The summed E-state index contributed by atoms with van der Waals surface area (Å²) >= 11 is 0. The predicted octanol–water partition coefficient (Wildman–Crippen LogP) is 1.62. The van der Waals surface area contributed by atoms with Gasteiger partial charge in [0, 0.05) is 17.3 Å². The maximum Gasteiger partial charge on any atom is 0.256 e. The second kappa shape index (κ2) is 2.98. The topological polar surface area (TPSA) is 34.9 Å². The molecule has 3 nitrogen and oxygen atoms in total. The van der Waals surface area contributed by atoms with Crippen molar-refractivity contribution < 1.29 is 0 Å². The van der Waals surface area contributed by atoms with Crippen LogP contribution < -0.4 is 5.56 Å². The molecule has 0 radical (unpaired) electrons. The zero-order chi connectivity index (χ0) is 10.2. The van der Waals surface area contributed by atoms with Crippen LogP contribution in [0.15, 0.2) is 11.0 Å². The number of hydrogen-bond donors (Lipinski definition) is 0. The van der Waals surface area contributed by atoms with E-state index in [1.807, 2.05) is 27.7 Å². The van der Waals surface area contributed by atoms with Crippen molar-refractivity contribution in [2.24, 2.45) is 0 Å². The van der Waals surface area contributed by atoms with E-state index in [2.05, 4.69) is 4.98 Å². The maximum atomic E-state index is 11.8. The van der Waals surface area contributed by atoms with E-state index < -0.39 is 0 Å². The van der Waals surface area contributed by atoms with E-state index >= 15 is 0 Å². The van der Waals surface area contributed by atoms with Crippen molar-refractivity contribution in [2.75, 3.05) is 0 Å². The van der Waals surface area contributed by atoms with Crippen LogP contribution in [0.1, 0.15) is 32.2 Å². The first-order chi connectivity index (χ1) is 5.84. The largest absolute Gasteiger partial charge is 0.291 e. The summed E-state index contributed by atoms with van der Waals surface area (Å²) in [6.45, 7) is 9.65. The van der Waals surface area contributed by atoms with Gasteiger partial charge in [0.15, 0.2) is 0 Å². The van der Waals surface area contributed by atoms with E-state index in [4.69, 9.17) is 0 Å². The third-order valence-corrected chi connectivity index (χ3v) is 1.98. The smallest absolute Gasteiger partial charge is 0.256 e. The molecule has 0 N–H and O–H groups in total. The second-order valence-electron chi connectivity index (χ2n) is 4.30. The highest BCUT2D eigenvalue weighted by Gasteiger charge is 2.17. The van der Waals surface area contributed by atoms with Gasteiger partial charge in [-0.05, 0) is 34.6 Å². The maximum absolute atomic E-state index is 11.8. The van der Waals surface area contributed by atoms with E-state index in [0.29, 0.717) is 5.56 Å². The van der Waals surface area contributed by atoms with E-state index in [1.165, 1.54) is 0 Å². The van der Waals surface area contributed by atoms with Crippen LogP contribution in [0.4, 0.5) is 0 Å². The number of nitrogens with zero attached hydrogens (tertiary/aromatic N) is 2. The van der Waals surface area contributed by atoms with Gasteiger partial charge in [-0.15, -0.1) is 0 Å². The molecule has 0 bridgehead atoms. The summed E-state index contributed by atoms with van der Waals surface area (Å²) in [5.41, 5.74) is 0.556. The van der Waals surface area contributed by atoms with Gasteiger partial charge in [0.2, 0.25) is 0 Å². The average Bonchev–Trinajstić information content (AvgIpc) is 1.95. The molecule has 72 valence electrons. The fourth-order valence-electron chi connectivity index (χ4n) is 1.42. The van der Waals surface area contributed by atoms with Crippen molar-refractivity contribution in [3.05, 3.63) is 27.9 Å². The molecule has 1 aromatic heterocycles. The first-order valence-electron chi connectivity index (χ1n) is 4.40. The van der Waals surface area contributed by atoms with Crippen molar-refractivity contribution in [1.82, 2.24) is 9.55 Å². The Morgan fingerprint density at radius 1 is 1.31 bits per heavy atom. The lowest BCUT2D eigenvalue weighted by Gasteiger charge is -2.24. The Kier molecular flexibility index (Phi) is 2.28. The molecular formula is C10H16N2O. The number of aromatic nitrogens is 2. The minimum atomic E-state index is -0.194. The van der Waals surface area contributed by atoms with Crippen molar-refractivity contribution in [2.45, 2.75) is 40.2 Å². The molecule has 0 aromatic carbocycles. The van der Waals surface area contributed by atoms with Crippen LogP contribution in [0.3, 0.4) is 0 Å². The SMILES string of the molecule is Cc1cnc(C)n(C(C)(C)C)c1=O. The zero-order valence-corrected chi connectivity index (χ0v) is 8.88. The van der Waals surface area contributed by atoms with Gasteiger partial charge in [-0.1, -0.05) is 0 Å². The lowest BCUT2D eigenvalue weighted by Crippen LogP contribution is -2.37. The Bertz CT molecular complexity index is 371. The van der Waals surface area contributed by atoms with Gasteiger partial charge in [-0.3, -0.25) is 9.36 Å². The molecule has 0 aliphatic heterocycles. The molecule has 0 aliphatic carbocycles. The Balaban J connectivity index is 3.53. The van der Waals surface area contributed by atoms with Crippen molar-refractivity contribution in [3.8, 4) is 0 Å². The highest BCUT2D eigenvalue weighted by atomic mass is 16.1. The van der Waals surface area contributed by atoms with Crippen LogP contribution in [0.5, 0.6) is 0 Å². The molecule has 0 aliphatic rings. The zero-order valence-electron chi connectivity index (χ0n) is 8.88. The minimum absolute atomic E-state index is 0.0556. The standard InChI is InChI=1S/C10H16N2O/c1-7-6-11-8(2)12(9(7)13)10(3,4)5/h6H,1-5H3. The quantitative estimate of drug-likeness (QED) is 0.608. The molecule has 0 amide bonds.